The quantitative estimate of drug-likeness (QED) is 0.146. The first kappa shape index (κ1) is 26.0. The molecule has 2 aliphatic rings. The molecule has 3 nitrogen and oxygen atoms in total. The number of unbranched alkanes of at least 4 members (excludes halogenated alkanes) is 5. The van der Waals surface area contributed by atoms with E-state index in [-0.39, 0.29) is 0 Å². The molecule has 0 N–H and O–H groups in total. The Hall–Kier alpha value is 0.748. The topological polar surface area (TPSA) is 31.0 Å². The molecule has 2 fully saturated rings. The molecule has 169 valence electrons. The van der Waals surface area contributed by atoms with E-state index in [2.05, 4.69) is 49.8 Å². The van der Waals surface area contributed by atoms with Gasteiger partial charge in [0.05, 0.1) is 12.2 Å². The van der Waals surface area contributed by atoms with Gasteiger partial charge in [-0.05, 0) is 82.6 Å². The molecule has 1 aliphatic heterocycles. The zero-order chi connectivity index (χ0) is 21.5. The maximum absolute atomic E-state index is 6.88. The Morgan fingerprint density at radius 1 is 0.724 bits per heavy atom. The van der Waals surface area contributed by atoms with Crippen LogP contribution in [0.1, 0.15) is 64.2 Å². The largest absolute Gasteiger partial charge is 0.457 e. The molecular weight excluding hydrogens is 425 g/mol. The molecule has 3 unspecified atom stereocenters. The van der Waals surface area contributed by atoms with Crippen molar-refractivity contribution in [2.24, 2.45) is 5.92 Å². The highest BCUT2D eigenvalue weighted by atomic mass is 28.4. The lowest BCUT2D eigenvalue weighted by molar-refractivity contribution is 0.355. The van der Waals surface area contributed by atoms with Crippen LogP contribution in [0.4, 0.5) is 0 Å². The predicted molar refractivity (Wildman–Crippen MR) is 133 cm³/mol. The van der Waals surface area contributed by atoms with E-state index in [4.69, 9.17) is 13.0 Å². The minimum atomic E-state index is -1.53. The van der Waals surface area contributed by atoms with Crippen LogP contribution in [-0.4, -0.2) is 47.6 Å². The second kappa shape index (κ2) is 11.6. The number of hydrogen-bond acceptors (Lipinski definition) is 3. The summed E-state index contributed by atoms with van der Waals surface area (Å²) in [6, 6.07) is 3.93. The predicted octanol–water partition coefficient (Wildman–Crippen LogP) is 7.02. The van der Waals surface area contributed by atoms with Gasteiger partial charge in [-0.3, -0.25) is 0 Å². The van der Waals surface area contributed by atoms with Crippen LogP contribution < -0.4 is 0 Å². The fourth-order valence-electron chi connectivity index (χ4n) is 5.01. The van der Waals surface area contributed by atoms with E-state index in [1.54, 1.807) is 0 Å². The van der Waals surface area contributed by atoms with E-state index < -0.39 is 25.0 Å². The SMILES string of the molecule is C[Si](C)(CCCCCCCC[Si](C)(C)O[Si](C)(C)CCC1CCC2OC2C1)O[Si]. The summed E-state index contributed by atoms with van der Waals surface area (Å²) < 4.78 is 18.0. The smallest absolute Gasteiger partial charge is 0.230 e. The Kier molecular flexibility index (Phi) is 10.4. The van der Waals surface area contributed by atoms with Crippen LogP contribution in [0.3, 0.4) is 0 Å². The maximum atomic E-state index is 6.88. The minimum absolute atomic E-state index is 0.622. The van der Waals surface area contributed by atoms with Crippen molar-refractivity contribution in [3.05, 3.63) is 0 Å². The molecule has 7 heteroatoms. The standard InChI is InChI=1S/C22H47O3Si4/c1-27(2,24-26)16-11-9-7-8-10-12-17-28(3,4)25-29(5,6)18-15-20-13-14-21-22(19-20)23-21/h20-22H,7-19H2,1-6H3. The Morgan fingerprint density at radius 3 is 1.86 bits per heavy atom. The molecule has 29 heavy (non-hydrogen) atoms. The summed E-state index contributed by atoms with van der Waals surface area (Å²) in [5.41, 5.74) is 0. The van der Waals surface area contributed by atoms with Crippen LogP contribution in [0.5, 0.6) is 0 Å². The summed E-state index contributed by atoms with van der Waals surface area (Å²) in [5.74, 6) is 0.896. The van der Waals surface area contributed by atoms with Gasteiger partial charge in [-0.2, -0.15) is 0 Å². The molecule has 0 amide bonds. The number of epoxide rings is 1. The number of fused-ring (bicyclic) bond motifs is 1. The van der Waals surface area contributed by atoms with Crippen molar-refractivity contribution < 1.29 is 13.0 Å². The van der Waals surface area contributed by atoms with Gasteiger partial charge >= 0.3 is 0 Å². The van der Waals surface area contributed by atoms with E-state index in [1.165, 1.54) is 82.3 Å². The van der Waals surface area contributed by atoms with E-state index in [0.29, 0.717) is 12.2 Å². The zero-order valence-electron chi connectivity index (χ0n) is 20.1. The van der Waals surface area contributed by atoms with Gasteiger partial charge in [0.1, 0.15) is 0 Å². The molecule has 0 aromatic rings. The second-order valence-electron chi connectivity index (χ2n) is 11.5. The first-order valence-electron chi connectivity index (χ1n) is 12.2. The lowest BCUT2D eigenvalue weighted by Gasteiger charge is -2.35. The minimum Gasteiger partial charge on any atom is -0.457 e. The van der Waals surface area contributed by atoms with Gasteiger partial charge in [-0.25, -0.2) is 0 Å². The molecule has 1 aliphatic carbocycles. The summed E-state index contributed by atoms with van der Waals surface area (Å²) in [6.45, 7) is 14.4. The molecule has 0 bridgehead atoms. The highest BCUT2D eigenvalue weighted by Crippen LogP contribution is 2.41. The molecule has 0 aromatic heterocycles. The zero-order valence-corrected chi connectivity index (χ0v) is 24.1. The highest BCUT2D eigenvalue weighted by molar-refractivity contribution is 6.84. The Bertz CT molecular complexity index is 485. The van der Waals surface area contributed by atoms with Gasteiger partial charge in [0.2, 0.25) is 10.5 Å². The molecule has 2 rings (SSSR count). The van der Waals surface area contributed by atoms with E-state index in [9.17, 15) is 0 Å². The van der Waals surface area contributed by atoms with Crippen LogP contribution in [0.15, 0.2) is 0 Å². The molecule has 0 aromatic carbocycles. The molecule has 3 atom stereocenters. The Morgan fingerprint density at radius 2 is 1.28 bits per heavy atom. The van der Waals surface area contributed by atoms with Crippen LogP contribution in [-0.2, 0) is 13.0 Å². The number of ether oxygens (including phenoxy) is 1. The van der Waals surface area contributed by atoms with E-state index >= 15 is 0 Å². The first-order chi connectivity index (χ1) is 13.5. The Labute approximate surface area is 188 Å². The summed E-state index contributed by atoms with van der Waals surface area (Å²) in [4.78, 5) is 0. The fraction of sp³-hybridized carbons (Fsp3) is 1.00. The van der Waals surface area contributed by atoms with Gasteiger partial charge in [0.15, 0.2) is 25.0 Å². The van der Waals surface area contributed by atoms with Crippen molar-refractivity contribution in [3.8, 4) is 0 Å². The molecule has 1 saturated carbocycles. The normalized spacial score (nSPS) is 25.1. The monoisotopic (exact) mass is 471 g/mol. The lowest BCUT2D eigenvalue weighted by Crippen LogP contribution is -2.44. The first-order valence-corrected chi connectivity index (χ1v) is 22.0. The maximum Gasteiger partial charge on any atom is 0.230 e. The van der Waals surface area contributed by atoms with Crippen LogP contribution in [0.25, 0.3) is 0 Å². The van der Waals surface area contributed by atoms with Crippen molar-refractivity contribution in [2.45, 2.75) is 134 Å². The van der Waals surface area contributed by atoms with Crippen LogP contribution in [0, 0.1) is 5.92 Å². The van der Waals surface area contributed by atoms with Gasteiger partial charge in [-0.1, -0.05) is 44.9 Å². The average molecular weight is 472 g/mol. The van der Waals surface area contributed by atoms with Crippen molar-refractivity contribution >= 4 is 35.4 Å². The number of rotatable bonds is 15. The third-order valence-corrected chi connectivity index (χ3v) is 18.1. The van der Waals surface area contributed by atoms with Crippen molar-refractivity contribution in [1.29, 1.82) is 0 Å². The summed E-state index contributed by atoms with van der Waals surface area (Å²) in [5, 5.41) is 0. The van der Waals surface area contributed by atoms with E-state index in [0.717, 1.165) is 5.92 Å². The van der Waals surface area contributed by atoms with Crippen molar-refractivity contribution in [3.63, 3.8) is 0 Å². The molecule has 1 saturated heterocycles. The fourth-order valence-corrected chi connectivity index (χ4v) is 15.5. The van der Waals surface area contributed by atoms with Crippen molar-refractivity contribution in [1.82, 2.24) is 0 Å². The average Bonchev–Trinajstić information content (AvgIpc) is 3.40. The third-order valence-electron chi connectivity index (χ3n) is 6.90. The molecular formula is C22H47O3Si4. The van der Waals surface area contributed by atoms with Crippen LogP contribution >= 0.6 is 0 Å². The van der Waals surface area contributed by atoms with Gasteiger partial charge in [-0.15, -0.1) is 0 Å². The van der Waals surface area contributed by atoms with Crippen LogP contribution in [0.2, 0.25) is 57.4 Å². The molecule has 0 spiro atoms. The number of hydrogen-bond donors (Lipinski definition) is 0. The van der Waals surface area contributed by atoms with Gasteiger partial charge in [0, 0.05) is 0 Å². The summed E-state index contributed by atoms with van der Waals surface area (Å²) >= 11 is 0. The molecule has 1 heterocycles. The summed E-state index contributed by atoms with van der Waals surface area (Å²) in [7, 11) is -1.22. The van der Waals surface area contributed by atoms with Crippen molar-refractivity contribution in [2.75, 3.05) is 0 Å². The lowest BCUT2D eigenvalue weighted by atomic mass is 9.88. The van der Waals surface area contributed by atoms with E-state index in [1.807, 2.05) is 0 Å². The Balaban J connectivity index is 1.52. The van der Waals surface area contributed by atoms with Gasteiger partial charge in [0.25, 0.3) is 0 Å². The third kappa shape index (κ3) is 10.7. The summed E-state index contributed by atoms with van der Waals surface area (Å²) in [6.07, 6.45) is 14.8. The van der Waals surface area contributed by atoms with Gasteiger partial charge < -0.3 is 13.0 Å². The second-order valence-corrected chi connectivity index (χ2v) is 25.2. The molecule has 3 radical (unpaired) electrons. The highest BCUT2D eigenvalue weighted by Gasteiger charge is 2.44.